The van der Waals surface area contributed by atoms with E-state index in [0.29, 0.717) is 17.7 Å². The van der Waals surface area contributed by atoms with Gasteiger partial charge in [-0.1, -0.05) is 24.3 Å². The zero-order valence-corrected chi connectivity index (χ0v) is 15.0. The van der Waals surface area contributed by atoms with Gasteiger partial charge in [0.05, 0.1) is 23.8 Å². The van der Waals surface area contributed by atoms with Gasteiger partial charge in [0.2, 0.25) is 0 Å². The van der Waals surface area contributed by atoms with Crippen molar-refractivity contribution in [2.75, 3.05) is 26.3 Å². The summed E-state index contributed by atoms with van der Waals surface area (Å²) in [6.07, 6.45) is 0.784. The highest BCUT2D eigenvalue weighted by Crippen LogP contribution is 2.28. The SMILES string of the molecule is O=C1c2ccccc2C(=O)N1[C@H]1CCN(Cc2cccc(OCCO)c2)C1. The van der Waals surface area contributed by atoms with Gasteiger partial charge in [-0.25, -0.2) is 0 Å². The fourth-order valence-electron chi connectivity index (χ4n) is 3.86. The smallest absolute Gasteiger partial charge is 0.261 e. The van der Waals surface area contributed by atoms with Gasteiger partial charge in [0.25, 0.3) is 11.8 Å². The molecule has 2 heterocycles. The summed E-state index contributed by atoms with van der Waals surface area (Å²) in [5.74, 6) is 0.376. The molecule has 1 fully saturated rings. The number of carbonyl (C=O) groups excluding carboxylic acids is 2. The molecule has 6 heteroatoms. The first-order valence-corrected chi connectivity index (χ1v) is 9.19. The first kappa shape index (κ1) is 17.7. The summed E-state index contributed by atoms with van der Waals surface area (Å²) in [4.78, 5) is 29.0. The van der Waals surface area contributed by atoms with Gasteiger partial charge in [-0.05, 0) is 36.2 Å². The van der Waals surface area contributed by atoms with E-state index in [2.05, 4.69) is 4.90 Å². The minimum absolute atomic E-state index is 0.0156. The lowest BCUT2D eigenvalue weighted by atomic mass is 10.1. The number of aliphatic hydroxyl groups is 1. The highest BCUT2D eigenvalue weighted by atomic mass is 16.5. The molecule has 6 nitrogen and oxygen atoms in total. The van der Waals surface area contributed by atoms with Gasteiger partial charge < -0.3 is 9.84 Å². The lowest BCUT2D eigenvalue weighted by Crippen LogP contribution is -2.41. The Morgan fingerprint density at radius 1 is 1.04 bits per heavy atom. The maximum atomic E-state index is 12.7. The third-order valence-corrected chi connectivity index (χ3v) is 5.10. The number of aliphatic hydroxyl groups excluding tert-OH is 1. The van der Waals surface area contributed by atoms with E-state index in [4.69, 9.17) is 9.84 Å². The molecular weight excluding hydrogens is 344 g/mol. The summed E-state index contributed by atoms with van der Waals surface area (Å²) in [5, 5.41) is 8.87. The minimum atomic E-state index is -0.179. The Morgan fingerprint density at radius 2 is 1.78 bits per heavy atom. The molecule has 1 N–H and O–H groups in total. The number of nitrogens with zero attached hydrogens (tertiary/aromatic N) is 2. The summed E-state index contributed by atoms with van der Waals surface area (Å²) in [5.41, 5.74) is 2.12. The monoisotopic (exact) mass is 366 g/mol. The fourth-order valence-corrected chi connectivity index (χ4v) is 3.86. The molecule has 2 aliphatic heterocycles. The quantitative estimate of drug-likeness (QED) is 0.791. The van der Waals surface area contributed by atoms with Crippen LogP contribution in [0.4, 0.5) is 0 Å². The minimum Gasteiger partial charge on any atom is -0.491 e. The maximum absolute atomic E-state index is 12.7. The van der Waals surface area contributed by atoms with Crippen molar-refractivity contribution >= 4 is 11.8 Å². The maximum Gasteiger partial charge on any atom is 0.261 e. The molecular formula is C21H22N2O4. The van der Waals surface area contributed by atoms with Gasteiger partial charge in [-0.15, -0.1) is 0 Å². The van der Waals surface area contributed by atoms with Crippen LogP contribution >= 0.6 is 0 Å². The topological polar surface area (TPSA) is 70.1 Å². The van der Waals surface area contributed by atoms with Gasteiger partial charge >= 0.3 is 0 Å². The van der Waals surface area contributed by atoms with E-state index in [0.717, 1.165) is 30.8 Å². The zero-order valence-electron chi connectivity index (χ0n) is 15.0. The van der Waals surface area contributed by atoms with E-state index in [1.165, 1.54) is 4.90 Å². The van der Waals surface area contributed by atoms with Crippen LogP contribution in [0.25, 0.3) is 0 Å². The number of imide groups is 1. The molecule has 2 aliphatic rings. The highest BCUT2D eigenvalue weighted by Gasteiger charge is 2.41. The summed E-state index contributed by atoms with van der Waals surface area (Å²) < 4.78 is 5.46. The molecule has 2 amide bonds. The van der Waals surface area contributed by atoms with Crippen molar-refractivity contribution in [2.24, 2.45) is 0 Å². The van der Waals surface area contributed by atoms with Crippen molar-refractivity contribution in [2.45, 2.75) is 19.0 Å². The van der Waals surface area contributed by atoms with Gasteiger partial charge in [0, 0.05) is 19.6 Å². The molecule has 140 valence electrons. The van der Waals surface area contributed by atoms with E-state index in [9.17, 15) is 9.59 Å². The summed E-state index contributed by atoms with van der Waals surface area (Å²) in [6, 6.07) is 14.7. The molecule has 2 aromatic rings. The van der Waals surface area contributed by atoms with Gasteiger partial charge in [-0.2, -0.15) is 0 Å². The second kappa shape index (κ2) is 7.50. The number of carbonyl (C=O) groups is 2. The fraction of sp³-hybridized carbons (Fsp3) is 0.333. The molecule has 0 radical (unpaired) electrons. The van der Waals surface area contributed by atoms with Crippen molar-refractivity contribution in [3.63, 3.8) is 0 Å². The summed E-state index contributed by atoms with van der Waals surface area (Å²) in [7, 11) is 0. The van der Waals surface area contributed by atoms with E-state index in [1.54, 1.807) is 24.3 Å². The van der Waals surface area contributed by atoms with E-state index < -0.39 is 0 Å². The number of ether oxygens (including phenoxy) is 1. The molecule has 0 saturated carbocycles. The molecule has 0 aliphatic carbocycles. The standard InChI is InChI=1S/C21H22N2O4/c24-10-11-27-17-5-3-4-15(12-17)13-22-9-8-16(14-22)23-20(25)18-6-1-2-7-19(18)21(23)26/h1-7,12,16,24H,8-11,13-14H2/t16-/m0/s1. The van der Waals surface area contributed by atoms with Crippen LogP contribution in [0, 0.1) is 0 Å². The molecule has 0 bridgehead atoms. The first-order chi connectivity index (χ1) is 13.2. The van der Waals surface area contributed by atoms with Crippen molar-refractivity contribution in [3.8, 4) is 5.75 Å². The molecule has 27 heavy (non-hydrogen) atoms. The number of hydrogen-bond acceptors (Lipinski definition) is 5. The molecule has 0 spiro atoms. The molecule has 0 aromatic heterocycles. The van der Waals surface area contributed by atoms with Crippen LogP contribution in [0.15, 0.2) is 48.5 Å². The lowest BCUT2D eigenvalue weighted by Gasteiger charge is -2.22. The highest BCUT2D eigenvalue weighted by molar-refractivity contribution is 6.21. The number of amides is 2. The second-order valence-electron chi connectivity index (χ2n) is 6.92. The van der Waals surface area contributed by atoms with Crippen LogP contribution in [0.2, 0.25) is 0 Å². The zero-order chi connectivity index (χ0) is 18.8. The predicted molar refractivity (Wildman–Crippen MR) is 99.6 cm³/mol. The summed E-state index contributed by atoms with van der Waals surface area (Å²) >= 11 is 0. The predicted octanol–water partition coefficient (Wildman–Crippen LogP) is 1.93. The summed E-state index contributed by atoms with van der Waals surface area (Å²) in [6.45, 7) is 2.50. The number of benzene rings is 2. The van der Waals surface area contributed by atoms with Gasteiger partial charge in [0.15, 0.2) is 0 Å². The molecule has 1 saturated heterocycles. The van der Waals surface area contributed by atoms with Gasteiger partial charge in [-0.3, -0.25) is 19.4 Å². The Hall–Kier alpha value is -2.70. The van der Waals surface area contributed by atoms with Gasteiger partial charge in [0.1, 0.15) is 12.4 Å². The van der Waals surface area contributed by atoms with Crippen LogP contribution < -0.4 is 4.74 Å². The third kappa shape index (κ3) is 3.46. The number of hydrogen-bond donors (Lipinski definition) is 1. The molecule has 1 atom stereocenters. The van der Waals surface area contributed by atoms with Crippen LogP contribution in [-0.2, 0) is 6.54 Å². The largest absolute Gasteiger partial charge is 0.491 e. The van der Waals surface area contributed by atoms with Crippen LogP contribution in [0.5, 0.6) is 5.75 Å². The molecule has 4 rings (SSSR count). The van der Waals surface area contributed by atoms with Crippen molar-refractivity contribution in [1.29, 1.82) is 0 Å². The third-order valence-electron chi connectivity index (χ3n) is 5.10. The Bertz CT molecular complexity index is 832. The Kier molecular flexibility index (Phi) is 4.92. The number of rotatable bonds is 6. The van der Waals surface area contributed by atoms with Crippen LogP contribution in [-0.4, -0.2) is 59.1 Å². The number of likely N-dealkylation sites (tertiary alicyclic amines) is 1. The average molecular weight is 366 g/mol. The van der Waals surface area contributed by atoms with E-state index in [-0.39, 0.29) is 31.1 Å². The van der Waals surface area contributed by atoms with Crippen molar-refractivity contribution in [1.82, 2.24) is 9.80 Å². The Balaban J connectivity index is 1.41. The van der Waals surface area contributed by atoms with Crippen molar-refractivity contribution in [3.05, 3.63) is 65.2 Å². The Labute approximate surface area is 158 Å². The normalized spacial score (nSPS) is 19.6. The van der Waals surface area contributed by atoms with Crippen LogP contribution in [0.1, 0.15) is 32.7 Å². The van der Waals surface area contributed by atoms with E-state index >= 15 is 0 Å². The molecule has 0 unspecified atom stereocenters. The second-order valence-corrected chi connectivity index (χ2v) is 6.92. The van der Waals surface area contributed by atoms with Crippen molar-refractivity contribution < 1.29 is 19.4 Å². The first-order valence-electron chi connectivity index (χ1n) is 9.19. The average Bonchev–Trinajstić information content (AvgIpc) is 3.23. The lowest BCUT2D eigenvalue weighted by molar-refractivity contribution is 0.0588. The molecule has 2 aromatic carbocycles. The number of fused-ring (bicyclic) bond motifs is 1. The Morgan fingerprint density at radius 3 is 2.48 bits per heavy atom. The van der Waals surface area contributed by atoms with Crippen LogP contribution in [0.3, 0.4) is 0 Å². The van der Waals surface area contributed by atoms with E-state index in [1.807, 2.05) is 24.3 Å².